The lowest BCUT2D eigenvalue weighted by Crippen LogP contribution is -2.06. The molecule has 0 heterocycles. The molecule has 0 unspecified atom stereocenters. The quantitative estimate of drug-likeness (QED) is 0.108. The maximum atomic E-state index is 12.9. The summed E-state index contributed by atoms with van der Waals surface area (Å²) in [5.41, 5.74) is 2.44. The molecule has 0 saturated carbocycles. The van der Waals surface area contributed by atoms with Gasteiger partial charge in [0.15, 0.2) is 11.6 Å². The van der Waals surface area contributed by atoms with Crippen LogP contribution >= 0.6 is 31.0 Å². The normalized spacial score (nSPS) is 11.1. The molecule has 0 aliphatic rings. The number of benzene rings is 4. The zero-order valence-corrected chi connectivity index (χ0v) is 25.8. The molecule has 43 heavy (non-hydrogen) atoms. The topological polar surface area (TPSA) is 108 Å². The molecule has 4 rings (SSSR count). The summed E-state index contributed by atoms with van der Waals surface area (Å²) in [7, 11) is -1.93. The number of carbonyl (C=O) groups is 2. The zero-order chi connectivity index (χ0) is 31.0. The summed E-state index contributed by atoms with van der Waals surface area (Å²) < 4.78 is 34.0. The number of hydrogen-bond donors (Lipinski definition) is 1. The number of Topliss-reactive ketones (excluding diaryl/α,β-unsaturated/α-hetero) is 2. The predicted molar refractivity (Wildman–Crippen MR) is 165 cm³/mol. The number of halogens is 2. The maximum absolute atomic E-state index is 12.9. The SMILES string of the molecule is COc1cc(OP(=O)(O)Oc2ccc(C(=O)CCc3cccc(Cl)c3)c(OC)c2)ccc1C(=O)CCc1cccc(Cl)c1. The molecule has 4 aromatic carbocycles. The summed E-state index contributed by atoms with van der Waals surface area (Å²) in [6.07, 6.45) is 1.38. The van der Waals surface area contributed by atoms with Crippen LogP contribution in [-0.2, 0) is 17.4 Å². The van der Waals surface area contributed by atoms with E-state index in [2.05, 4.69) is 0 Å². The van der Waals surface area contributed by atoms with E-state index in [-0.39, 0.29) is 47.4 Å². The molecule has 8 nitrogen and oxygen atoms in total. The van der Waals surface area contributed by atoms with E-state index in [1.165, 1.54) is 50.6 Å². The standard InChI is InChI=1S/C32H29Cl2O8P/c1-39-31-19-25(11-13-27(31)29(35)15-9-21-5-3-7-23(33)17-21)41-43(37,38)42-26-12-14-28(32(20-26)40-2)30(36)16-10-22-6-4-8-24(34)18-22/h3-8,11-14,17-20H,9-10,15-16H2,1-2H3,(H,37,38). The summed E-state index contributed by atoms with van der Waals surface area (Å²) in [4.78, 5) is 36.2. The van der Waals surface area contributed by atoms with Crippen molar-refractivity contribution in [3.8, 4) is 23.0 Å². The molecule has 0 saturated heterocycles. The van der Waals surface area contributed by atoms with Crippen molar-refractivity contribution in [2.45, 2.75) is 25.7 Å². The lowest BCUT2D eigenvalue weighted by atomic mass is 10.0. The van der Waals surface area contributed by atoms with Gasteiger partial charge in [0.1, 0.15) is 23.0 Å². The largest absolute Gasteiger partial charge is 0.584 e. The Hall–Kier alpha value is -3.81. The average molecular weight is 643 g/mol. The van der Waals surface area contributed by atoms with Crippen molar-refractivity contribution in [3.05, 3.63) is 117 Å². The van der Waals surface area contributed by atoms with Gasteiger partial charge in [0.05, 0.1) is 25.3 Å². The molecule has 11 heteroatoms. The molecule has 0 amide bonds. The molecule has 224 valence electrons. The van der Waals surface area contributed by atoms with Gasteiger partial charge in [-0.05, 0) is 72.5 Å². The molecule has 0 aromatic heterocycles. The summed E-state index contributed by atoms with van der Waals surface area (Å²) in [5.74, 6) is -0.100. The van der Waals surface area contributed by atoms with Crippen molar-refractivity contribution in [2.24, 2.45) is 0 Å². The van der Waals surface area contributed by atoms with Crippen molar-refractivity contribution in [2.75, 3.05) is 14.2 Å². The molecule has 0 atom stereocenters. The third-order valence-corrected chi connectivity index (χ3v) is 7.80. The van der Waals surface area contributed by atoms with Crippen LogP contribution in [0.3, 0.4) is 0 Å². The third-order valence-electron chi connectivity index (χ3n) is 6.45. The highest BCUT2D eigenvalue weighted by Crippen LogP contribution is 2.46. The van der Waals surface area contributed by atoms with Crippen molar-refractivity contribution >= 4 is 42.6 Å². The Morgan fingerprint density at radius 2 is 1.09 bits per heavy atom. The monoisotopic (exact) mass is 642 g/mol. The van der Waals surface area contributed by atoms with Crippen molar-refractivity contribution in [3.63, 3.8) is 0 Å². The first-order chi connectivity index (χ1) is 20.6. The number of phosphoric acid groups is 1. The summed E-state index contributed by atoms with van der Waals surface area (Å²) in [6, 6.07) is 22.9. The molecule has 0 fully saturated rings. The van der Waals surface area contributed by atoms with Crippen LogP contribution < -0.4 is 18.5 Å². The van der Waals surface area contributed by atoms with Gasteiger partial charge in [0.2, 0.25) is 0 Å². The van der Waals surface area contributed by atoms with E-state index in [9.17, 15) is 19.0 Å². The number of rotatable bonds is 14. The molecule has 0 radical (unpaired) electrons. The van der Waals surface area contributed by atoms with Gasteiger partial charge in [0.25, 0.3) is 0 Å². The van der Waals surface area contributed by atoms with Gasteiger partial charge in [0, 0.05) is 35.0 Å². The highest BCUT2D eigenvalue weighted by Gasteiger charge is 2.27. The summed E-state index contributed by atoms with van der Waals surface area (Å²) in [5, 5.41) is 1.18. The molecule has 1 N–H and O–H groups in total. The minimum Gasteiger partial charge on any atom is -0.496 e. The smallest absolute Gasteiger partial charge is 0.496 e. The number of phosphoric ester groups is 1. The van der Waals surface area contributed by atoms with Gasteiger partial charge in [-0.15, -0.1) is 0 Å². The van der Waals surface area contributed by atoms with Gasteiger partial charge < -0.3 is 18.5 Å². The number of carbonyl (C=O) groups excluding carboxylic acids is 2. The van der Waals surface area contributed by atoms with Crippen LogP contribution in [0.25, 0.3) is 0 Å². The van der Waals surface area contributed by atoms with E-state index in [1.54, 1.807) is 24.3 Å². The molecule has 0 aliphatic carbocycles. The van der Waals surface area contributed by atoms with Crippen LogP contribution in [0.4, 0.5) is 0 Å². The van der Waals surface area contributed by atoms with E-state index in [0.717, 1.165) is 11.1 Å². The van der Waals surface area contributed by atoms with Crippen LogP contribution in [0.15, 0.2) is 84.9 Å². The molecule has 0 bridgehead atoms. The fourth-order valence-electron chi connectivity index (χ4n) is 4.37. The molecule has 4 aromatic rings. The zero-order valence-electron chi connectivity index (χ0n) is 23.4. The number of hydrogen-bond acceptors (Lipinski definition) is 7. The first-order valence-electron chi connectivity index (χ1n) is 13.2. The second-order valence-corrected chi connectivity index (χ2v) is 11.7. The third kappa shape index (κ3) is 9.09. The Morgan fingerprint density at radius 1 is 0.674 bits per heavy atom. The first kappa shape index (κ1) is 32.1. The van der Waals surface area contributed by atoms with E-state index < -0.39 is 7.82 Å². The maximum Gasteiger partial charge on any atom is 0.584 e. The number of methoxy groups -OCH3 is 2. The molecule has 0 spiro atoms. The number of ether oxygens (including phenoxy) is 2. The van der Waals surface area contributed by atoms with E-state index in [1.807, 2.05) is 24.3 Å². The summed E-state index contributed by atoms with van der Waals surface area (Å²) in [6.45, 7) is 0. The number of ketones is 2. The van der Waals surface area contributed by atoms with E-state index in [4.69, 9.17) is 41.7 Å². The molecular weight excluding hydrogens is 614 g/mol. The Bertz CT molecular complexity index is 1550. The Kier molecular flexibility index (Phi) is 10.9. The fourth-order valence-corrected chi connectivity index (χ4v) is 5.60. The van der Waals surface area contributed by atoms with Crippen molar-refractivity contribution < 1.29 is 37.6 Å². The van der Waals surface area contributed by atoms with Crippen LogP contribution in [0.5, 0.6) is 23.0 Å². The van der Waals surface area contributed by atoms with Gasteiger partial charge in [-0.3, -0.25) is 14.5 Å². The second kappa shape index (κ2) is 14.6. The van der Waals surface area contributed by atoms with E-state index >= 15 is 0 Å². The highest BCUT2D eigenvalue weighted by atomic mass is 35.5. The average Bonchev–Trinajstić information content (AvgIpc) is 2.98. The van der Waals surface area contributed by atoms with Gasteiger partial charge in [-0.2, -0.15) is 0 Å². The van der Waals surface area contributed by atoms with Gasteiger partial charge >= 0.3 is 7.82 Å². The minimum absolute atomic E-state index is 0.0474. The molecular formula is C32H29Cl2O8P. The van der Waals surface area contributed by atoms with Gasteiger partial charge in [-0.1, -0.05) is 47.5 Å². The van der Waals surface area contributed by atoms with Gasteiger partial charge in [-0.25, -0.2) is 4.57 Å². The van der Waals surface area contributed by atoms with Crippen molar-refractivity contribution in [1.29, 1.82) is 0 Å². The predicted octanol–water partition coefficient (Wildman–Crippen LogP) is 8.20. The molecule has 0 aliphatic heterocycles. The lowest BCUT2D eigenvalue weighted by molar-refractivity contribution is 0.0971. The van der Waals surface area contributed by atoms with Crippen LogP contribution in [0.1, 0.15) is 44.7 Å². The Morgan fingerprint density at radius 3 is 1.47 bits per heavy atom. The van der Waals surface area contributed by atoms with Crippen LogP contribution in [0, 0.1) is 0 Å². The summed E-state index contributed by atoms with van der Waals surface area (Å²) >= 11 is 12.0. The van der Waals surface area contributed by atoms with Crippen LogP contribution in [0.2, 0.25) is 10.0 Å². The fraction of sp³-hybridized carbons (Fsp3) is 0.188. The van der Waals surface area contributed by atoms with Crippen LogP contribution in [-0.4, -0.2) is 30.7 Å². The Labute approximate surface area is 259 Å². The minimum atomic E-state index is -4.70. The lowest BCUT2D eigenvalue weighted by Gasteiger charge is -2.16. The van der Waals surface area contributed by atoms with Crippen molar-refractivity contribution in [1.82, 2.24) is 0 Å². The second-order valence-electron chi connectivity index (χ2n) is 9.48. The first-order valence-corrected chi connectivity index (χ1v) is 15.5. The number of aryl methyl sites for hydroxylation is 2. The Balaban J connectivity index is 1.40. The van der Waals surface area contributed by atoms with E-state index in [0.29, 0.717) is 34.0 Å². The highest BCUT2D eigenvalue weighted by molar-refractivity contribution is 7.48.